The number of nitrogens with one attached hydrogen (secondary N) is 2. The van der Waals surface area contributed by atoms with Gasteiger partial charge in [0.1, 0.15) is 10.6 Å². The molecule has 2 aromatic rings. The molecule has 2 aliphatic rings. The Kier molecular flexibility index (Phi) is 6.82. The number of hydrogen-bond acceptors (Lipinski definition) is 7. The molecule has 1 aliphatic heterocycles. The molecule has 1 saturated heterocycles. The monoisotopic (exact) mass is 487 g/mol. The Morgan fingerprint density at radius 3 is 2.53 bits per heavy atom. The van der Waals surface area contributed by atoms with Crippen LogP contribution in [0.5, 0.6) is 0 Å². The fraction of sp³-hybridized carbons (Fsp3) is 0.542. The number of carbonyl (C=O) groups is 1. The number of benzene rings is 1. The number of sulfone groups is 1. The summed E-state index contributed by atoms with van der Waals surface area (Å²) in [5.74, 6) is 1.15. The summed E-state index contributed by atoms with van der Waals surface area (Å²) in [6.45, 7) is 9.76. The first-order chi connectivity index (χ1) is 16.1. The number of nitrogens with zero attached hydrogens (tertiary/aromatic N) is 3. The molecule has 0 bridgehead atoms. The van der Waals surface area contributed by atoms with Crippen molar-refractivity contribution in [1.82, 2.24) is 15.3 Å². The second-order valence-electron chi connectivity index (χ2n) is 9.37. The highest BCUT2D eigenvalue weighted by atomic mass is 32.2. The van der Waals surface area contributed by atoms with Crippen LogP contribution >= 0.6 is 0 Å². The van der Waals surface area contributed by atoms with Gasteiger partial charge in [-0.05, 0) is 64.8 Å². The van der Waals surface area contributed by atoms with E-state index in [2.05, 4.69) is 22.5 Å². The average molecular weight is 488 g/mol. The van der Waals surface area contributed by atoms with E-state index in [4.69, 9.17) is 14.7 Å². The first-order valence-corrected chi connectivity index (χ1v) is 13.3. The van der Waals surface area contributed by atoms with Gasteiger partial charge in [-0.25, -0.2) is 23.2 Å². The number of anilines is 2. The number of morpholine rings is 1. The zero-order valence-corrected chi connectivity index (χ0v) is 21.0. The van der Waals surface area contributed by atoms with E-state index in [1.807, 2.05) is 25.1 Å². The normalized spacial score (nSPS) is 19.1. The van der Waals surface area contributed by atoms with Crippen LogP contribution in [0.1, 0.15) is 46.2 Å². The molecule has 2 amide bonds. The number of amides is 2. The molecule has 1 aliphatic carbocycles. The third kappa shape index (κ3) is 4.88. The van der Waals surface area contributed by atoms with E-state index in [1.165, 1.54) is 0 Å². The summed E-state index contributed by atoms with van der Waals surface area (Å²) >= 11 is 0. The lowest BCUT2D eigenvalue weighted by molar-refractivity contribution is 0.0985. The van der Waals surface area contributed by atoms with Crippen LogP contribution in [0.15, 0.2) is 30.3 Å². The van der Waals surface area contributed by atoms with Gasteiger partial charge in [-0.1, -0.05) is 0 Å². The molecule has 4 rings (SSSR count). The smallest absolute Gasteiger partial charge is 0.319 e. The third-order valence-corrected chi connectivity index (χ3v) is 9.38. The number of urea groups is 1. The Morgan fingerprint density at radius 1 is 1.21 bits per heavy atom. The standard InChI is InChI=1S/C24H33N5O4S/c1-5-25-23(30)26-18-8-6-17(7-9-18)22-27-20(24(3,4)34(31,32)19-10-11-19)14-21(28-22)29-12-13-33-15-16(29)2/h6-9,14,16,19H,5,10-13,15H2,1-4H3,(H2,25,26,30)/t16-/m0/s1. The lowest BCUT2D eigenvalue weighted by Crippen LogP contribution is -2.44. The molecule has 1 aromatic heterocycles. The van der Waals surface area contributed by atoms with Crippen LogP contribution in [0.25, 0.3) is 11.4 Å². The van der Waals surface area contributed by atoms with Crippen LogP contribution in [0.3, 0.4) is 0 Å². The van der Waals surface area contributed by atoms with Crippen LogP contribution in [0.2, 0.25) is 0 Å². The zero-order chi connectivity index (χ0) is 24.5. The summed E-state index contributed by atoms with van der Waals surface area (Å²) in [4.78, 5) is 23.5. The van der Waals surface area contributed by atoms with Gasteiger partial charge in [-0.2, -0.15) is 0 Å². The molecular formula is C24H33N5O4S. The van der Waals surface area contributed by atoms with Gasteiger partial charge < -0.3 is 20.3 Å². The molecular weight excluding hydrogens is 454 g/mol. The third-order valence-electron chi connectivity index (χ3n) is 6.40. The van der Waals surface area contributed by atoms with Crippen molar-refractivity contribution in [3.8, 4) is 11.4 Å². The molecule has 2 fully saturated rings. The quantitative estimate of drug-likeness (QED) is 0.616. The number of rotatable bonds is 7. The predicted octanol–water partition coefficient (Wildman–Crippen LogP) is 3.32. The minimum atomic E-state index is -3.39. The van der Waals surface area contributed by atoms with Gasteiger partial charge in [-0.15, -0.1) is 0 Å². The topological polar surface area (TPSA) is 114 Å². The molecule has 2 N–H and O–H groups in total. The molecule has 1 aromatic carbocycles. The average Bonchev–Trinajstić information content (AvgIpc) is 3.66. The summed E-state index contributed by atoms with van der Waals surface area (Å²) in [6, 6.07) is 8.87. The van der Waals surface area contributed by atoms with Gasteiger partial charge in [0.25, 0.3) is 0 Å². The molecule has 9 nitrogen and oxygen atoms in total. The molecule has 10 heteroatoms. The van der Waals surface area contributed by atoms with Gasteiger partial charge in [0.15, 0.2) is 15.7 Å². The number of carbonyl (C=O) groups excluding carboxylic acids is 1. The van der Waals surface area contributed by atoms with Gasteiger partial charge >= 0.3 is 6.03 Å². The molecule has 1 atom stereocenters. The molecule has 34 heavy (non-hydrogen) atoms. The molecule has 1 saturated carbocycles. The lowest BCUT2D eigenvalue weighted by Gasteiger charge is -2.35. The highest BCUT2D eigenvalue weighted by molar-refractivity contribution is 7.93. The Morgan fingerprint density at radius 2 is 1.91 bits per heavy atom. The summed E-state index contributed by atoms with van der Waals surface area (Å²) in [5, 5.41) is 5.17. The van der Waals surface area contributed by atoms with Crippen molar-refractivity contribution in [3.63, 3.8) is 0 Å². The maximum atomic E-state index is 13.3. The van der Waals surface area contributed by atoms with Crippen molar-refractivity contribution >= 4 is 27.4 Å². The zero-order valence-electron chi connectivity index (χ0n) is 20.2. The van der Waals surface area contributed by atoms with Crippen LogP contribution in [-0.4, -0.2) is 62.0 Å². The van der Waals surface area contributed by atoms with Crippen LogP contribution in [0.4, 0.5) is 16.3 Å². The summed E-state index contributed by atoms with van der Waals surface area (Å²) in [5.41, 5.74) is 1.87. The Bertz CT molecular complexity index is 1150. The van der Waals surface area contributed by atoms with E-state index in [0.29, 0.717) is 62.2 Å². The Hall–Kier alpha value is -2.72. The maximum absolute atomic E-state index is 13.3. The van der Waals surface area contributed by atoms with Gasteiger partial charge in [-0.3, -0.25) is 0 Å². The van der Waals surface area contributed by atoms with Crippen molar-refractivity contribution < 1.29 is 17.9 Å². The van der Waals surface area contributed by atoms with E-state index in [0.717, 1.165) is 5.56 Å². The van der Waals surface area contributed by atoms with Crippen LogP contribution in [0, 0.1) is 0 Å². The number of aromatic nitrogens is 2. The fourth-order valence-corrected chi connectivity index (χ4v) is 6.05. The lowest BCUT2D eigenvalue weighted by atomic mass is 10.1. The van der Waals surface area contributed by atoms with Gasteiger partial charge in [0.2, 0.25) is 0 Å². The van der Waals surface area contributed by atoms with Crippen LogP contribution < -0.4 is 15.5 Å². The maximum Gasteiger partial charge on any atom is 0.319 e. The molecule has 2 heterocycles. The largest absolute Gasteiger partial charge is 0.377 e. The minimum Gasteiger partial charge on any atom is -0.377 e. The summed E-state index contributed by atoms with van der Waals surface area (Å²) < 4.78 is 31.0. The van der Waals surface area contributed by atoms with E-state index in [-0.39, 0.29) is 17.3 Å². The van der Waals surface area contributed by atoms with Crippen molar-refractivity contribution in [2.45, 2.75) is 56.6 Å². The van der Waals surface area contributed by atoms with Crippen molar-refractivity contribution in [3.05, 3.63) is 36.0 Å². The van der Waals surface area contributed by atoms with Gasteiger partial charge in [0, 0.05) is 30.4 Å². The highest BCUT2D eigenvalue weighted by Gasteiger charge is 2.48. The van der Waals surface area contributed by atoms with Crippen molar-refractivity contribution in [1.29, 1.82) is 0 Å². The van der Waals surface area contributed by atoms with Gasteiger partial charge in [0.05, 0.1) is 30.2 Å². The second kappa shape index (κ2) is 9.50. The first kappa shape index (κ1) is 24.4. The molecule has 184 valence electrons. The molecule has 0 spiro atoms. The highest BCUT2D eigenvalue weighted by Crippen LogP contribution is 2.42. The molecule has 0 unspecified atom stereocenters. The summed E-state index contributed by atoms with van der Waals surface area (Å²) in [7, 11) is -3.39. The number of ether oxygens (including phenoxy) is 1. The first-order valence-electron chi connectivity index (χ1n) is 11.8. The molecule has 0 radical (unpaired) electrons. The minimum absolute atomic E-state index is 0.108. The van der Waals surface area contributed by atoms with Crippen molar-refractivity contribution in [2.24, 2.45) is 0 Å². The van der Waals surface area contributed by atoms with Crippen molar-refractivity contribution in [2.75, 3.05) is 36.5 Å². The van der Waals surface area contributed by atoms with Crippen LogP contribution in [-0.2, 0) is 19.3 Å². The van der Waals surface area contributed by atoms with E-state index < -0.39 is 14.6 Å². The fourth-order valence-electron chi connectivity index (χ4n) is 4.07. The van der Waals surface area contributed by atoms with E-state index >= 15 is 0 Å². The second-order valence-corrected chi connectivity index (χ2v) is 12.1. The SMILES string of the molecule is CCNC(=O)Nc1ccc(-c2nc(N3CCOC[C@@H]3C)cc(C(C)(C)S(=O)(=O)C3CC3)n2)cc1. The van der Waals surface area contributed by atoms with E-state index in [1.54, 1.807) is 26.0 Å². The van der Waals surface area contributed by atoms with E-state index in [9.17, 15) is 13.2 Å². The summed E-state index contributed by atoms with van der Waals surface area (Å²) in [6.07, 6.45) is 1.41. The Labute approximate surface area is 201 Å². The number of hydrogen-bond donors (Lipinski definition) is 2. The predicted molar refractivity (Wildman–Crippen MR) is 133 cm³/mol. The Balaban J connectivity index is 1.74.